The first-order valence-corrected chi connectivity index (χ1v) is 5.65. The molecule has 0 heterocycles. The van der Waals surface area contributed by atoms with Gasteiger partial charge in [-0.3, -0.25) is 4.90 Å². The second-order valence-electron chi connectivity index (χ2n) is 4.78. The third kappa shape index (κ3) is 6.33. The lowest BCUT2D eigenvalue weighted by Gasteiger charge is -2.32. The largest absolute Gasteiger partial charge is 0.401 e. The van der Waals surface area contributed by atoms with Crippen LogP contribution in [0.1, 0.15) is 27.7 Å². The summed E-state index contributed by atoms with van der Waals surface area (Å²) in [5, 5.41) is 3.06. The lowest BCUT2D eigenvalue weighted by molar-refractivity contribution is -0.150. The maximum absolute atomic E-state index is 12.4. The Labute approximate surface area is 96.2 Å². The van der Waals surface area contributed by atoms with E-state index in [9.17, 15) is 13.2 Å². The van der Waals surface area contributed by atoms with Gasteiger partial charge in [-0.2, -0.15) is 13.2 Å². The molecule has 98 valence electrons. The molecule has 0 aliphatic carbocycles. The van der Waals surface area contributed by atoms with Crippen LogP contribution in [0.15, 0.2) is 0 Å². The summed E-state index contributed by atoms with van der Waals surface area (Å²) < 4.78 is 37.1. The normalized spacial score (nSPS) is 15.2. The van der Waals surface area contributed by atoms with Gasteiger partial charge in [0.05, 0.1) is 6.54 Å². The van der Waals surface area contributed by atoms with Crippen LogP contribution in [0.3, 0.4) is 0 Å². The highest BCUT2D eigenvalue weighted by atomic mass is 19.4. The van der Waals surface area contributed by atoms with Crippen molar-refractivity contribution in [2.75, 3.05) is 20.1 Å². The van der Waals surface area contributed by atoms with Crippen LogP contribution in [0.2, 0.25) is 0 Å². The van der Waals surface area contributed by atoms with E-state index in [-0.39, 0.29) is 12.1 Å². The van der Waals surface area contributed by atoms with Gasteiger partial charge in [0, 0.05) is 18.6 Å². The summed E-state index contributed by atoms with van der Waals surface area (Å²) >= 11 is 0. The molecule has 2 nitrogen and oxygen atoms in total. The summed E-state index contributed by atoms with van der Waals surface area (Å²) in [4.78, 5) is 1.46. The number of alkyl halides is 3. The molecule has 0 radical (unpaired) electrons. The number of rotatable bonds is 6. The summed E-state index contributed by atoms with van der Waals surface area (Å²) in [5.74, 6) is 0.319. The third-order valence-corrected chi connectivity index (χ3v) is 2.72. The lowest BCUT2D eigenvalue weighted by atomic mass is 10.0. The molecule has 0 rings (SSSR count). The number of hydrogen-bond acceptors (Lipinski definition) is 2. The Bertz CT molecular complexity index is 190. The molecule has 1 unspecified atom stereocenters. The van der Waals surface area contributed by atoms with E-state index < -0.39 is 12.7 Å². The number of nitrogens with one attached hydrogen (secondary N) is 1. The van der Waals surface area contributed by atoms with Gasteiger partial charge in [0.25, 0.3) is 0 Å². The Morgan fingerprint density at radius 2 is 1.62 bits per heavy atom. The predicted octanol–water partition coefficient (Wildman–Crippen LogP) is 2.50. The molecule has 0 aromatic heterocycles. The molecule has 5 heteroatoms. The Balaban J connectivity index is 4.44. The van der Waals surface area contributed by atoms with Crippen molar-refractivity contribution in [2.45, 2.75) is 46.0 Å². The minimum Gasteiger partial charge on any atom is -0.315 e. The molecule has 1 N–H and O–H groups in total. The van der Waals surface area contributed by atoms with Crippen molar-refractivity contribution in [3.05, 3.63) is 0 Å². The highest BCUT2D eigenvalue weighted by molar-refractivity contribution is 4.77. The molecule has 0 fully saturated rings. The van der Waals surface area contributed by atoms with Crippen molar-refractivity contribution in [2.24, 2.45) is 5.92 Å². The monoisotopic (exact) mass is 240 g/mol. The lowest BCUT2D eigenvalue weighted by Crippen LogP contribution is -2.48. The molecule has 0 aliphatic rings. The fourth-order valence-corrected chi connectivity index (χ4v) is 1.58. The molecule has 0 amide bonds. The van der Waals surface area contributed by atoms with Crippen LogP contribution in [-0.2, 0) is 0 Å². The predicted molar refractivity (Wildman–Crippen MR) is 60.4 cm³/mol. The first-order valence-electron chi connectivity index (χ1n) is 5.65. The summed E-state index contributed by atoms with van der Waals surface area (Å²) in [7, 11) is 1.79. The van der Waals surface area contributed by atoms with Crippen LogP contribution in [0.5, 0.6) is 0 Å². The van der Waals surface area contributed by atoms with Crippen molar-refractivity contribution in [1.29, 1.82) is 0 Å². The van der Waals surface area contributed by atoms with E-state index in [1.807, 2.05) is 13.8 Å². The van der Waals surface area contributed by atoms with Crippen LogP contribution in [0.25, 0.3) is 0 Å². The number of halogens is 3. The van der Waals surface area contributed by atoms with Gasteiger partial charge >= 0.3 is 6.18 Å². The maximum atomic E-state index is 12.4. The van der Waals surface area contributed by atoms with Gasteiger partial charge in [0.1, 0.15) is 0 Å². The van der Waals surface area contributed by atoms with Crippen LogP contribution in [0, 0.1) is 5.92 Å². The molecule has 0 aromatic carbocycles. The molecule has 0 bridgehead atoms. The summed E-state index contributed by atoms with van der Waals surface area (Å²) in [6.07, 6.45) is -4.13. The van der Waals surface area contributed by atoms with Crippen LogP contribution >= 0.6 is 0 Å². The van der Waals surface area contributed by atoms with Gasteiger partial charge in [-0.25, -0.2) is 0 Å². The fraction of sp³-hybridized carbons (Fsp3) is 1.00. The van der Waals surface area contributed by atoms with Gasteiger partial charge in [0.2, 0.25) is 0 Å². The topological polar surface area (TPSA) is 15.3 Å². The van der Waals surface area contributed by atoms with Gasteiger partial charge in [-0.05, 0) is 26.8 Å². The molecule has 0 saturated heterocycles. The van der Waals surface area contributed by atoms with Gasteiger partial charge in [0.15, 0.2) is 0 Å². The minimum absolute atomic E-state index is 0.0877. The van der Waals surface area contributed by atoms with Crippen molar-refractivity contribution >= 4 is 0 Å². The molecule has 16 heavy (non-hydrogen) atoms. The highest BCUT2D eigenvalue weighted by Gasteiger charge is 2.32. The van der Waals surface area contributed by atoms with Crippen molar-refractivity contribution in [3.63, 3.8) is 0 Å². The average Bonchev–Trinajstić information content (AvgIpc) is 2.09. The quantitative estimate of drug-likeness (QED) is 0.767. The Morgan fingerprint density at radius 3 is 1.88 bits per heavy atom. The zero-order valence-electron chi connectivity index (χ0n) is 10.7. The first-order chi connectivity index (χ1) is 7.17. The molecular formula is C11H23F3N2. The number of nitrogens with zero attached hydrogens (tertiary/aromatic N) is 1. The van der Waals surface area contributed by atoms with Crippen molar-refractivity contribution < 1.29 is 13.2 Å². The molecule has 0 aliphatic heterocycles. The molecular weight excluding hydrogens is 217 g/mol. The van der Waals surface area contributed by atoms with E-state index in [1.165, 1.54) is 4.90 Å². The minimum atomic E-state index is -4.13. The Hall–Kier alpha value is -0.290. The van der Waals surface area contributed by atoms with E-state index in [2.05, 4.69) is 5.32 Å². The van der Waals surface area contributed by atoms with E-state index in [0.29, 0.717) is 12.5 Å². The Kier molecular flexibility index (Phi) is 6.33. The molecule has 1 atom stereocenters. The molecule has 0 spiro atoms. The Morgan fingerprint density at radius 1 is 1.12 bits per heavy atom. The van der Waals surface area contributed by atoms with Gasteiger partial charge in [-0.1, -0.05) is 13.8 Å². The van der Waals surface area contributed by atoms with Crippen LogP contribution < -0.4 is 5.32 Å². The summed E-state index contributed by atoms with van der Waals surface area (Å²) in [6, 6.07) is -0.0130. The number of likely N-dealkylation sites (N-methyl/N-ethyl adjacent to an activating group) is 1. The van der Waals surface area contributed by atoms with Gasteiger partial charge in [-0.15, -0.1) is 0 Å². The zero-order chi connectivity index (χ0) is 12.9. The highest BCUT2D eigenvalue weighted by Crippen LogP contribution is 2.19. The zero-order valence-corrected chi connectivity index (χ0v) is 10.7. The van der Waals surface area contributed by atoms with E-state index in [4.69, 9.17) is 0 Å². The molecule has 0 saturated carbocycles. The smallest absolute Gasteiger partial charge is 0.315 e. The van der Waals surface area contributed by atoms with Crippen molar-refractivity contribution in [3.8, 4) is 0 Å². The van der Waals surface area contributed by atoms with E-state index in [0.717, 1.165) is 0 Å². The third-order valence-electron chi connectivity index (χ3n) is 2.72. The first kappa shape index (κ1) is 15.7. The molecule has 0 aromatic rings. The second-order valence-corrected chi connectivity index (χ2v) is 4.78. The van der Waals surface area contributed by atoms with Crippen LogP contribution in [-0.4, -0.2) is 43.3 Å². The second kappa shape index (κ2) is 6.45. The average molecular weight is 240 g/mol. The standard InChI is InChI=1S/C11H23F3N2/c1-8(2)10(15-5)6-16(9(3)4)7-11(12,13)14/h8-10,15H,6-7H2,1-5H3. The fourth-order valence-electron chi connectivity index (χ4n) is 1.58. The SMILES string of the molecule is CNC(CN(CC(F)(F)F)C(C)C)C(C)C. The van der Waals surface area contributed by atoms with Crippen LogP contribution in [0.4, 0.5) is 13.2 Å². The van der Waals surface area contributed by atoms with Gasteiger partial charge < -0.3 is 5.32 Å². The number of hydrogen-bond donors (Lipinski definition) is 1. The van der Waals surface area contributed by atoms with E-state index in [1.54, 1.807) is 20.9 Å². The summed E-state index contributed by atoms with van der Waals surface area (Å²) in [5.41, 5.74) is 0. The maximum Gasteiger partial charge on any atom is 0.401 e. The van der Waals surface area contributed by atoms with E-state index >= 15 is 0 Å². The van der Waals surface area contributed by atoms with Crippen molar-refractivity contribution in [1.82, 2.24) is 10.2 Å². The summed E-state index contributed by atoms with van der Waals surface area (Å²) in [6.45, 7) is 7.18.